The van der Waals surface area contributed by atoms with Gasteiger partial charge in [0.25, 0.3) is 0 Å². The molecule has 0 radical (unpaired) electrons. The Hall–Kier alpha value is -2.67. The molecule has 13 heteroatoms. The number of hydrogen-bond acceptors (Lipinski definition) is 3. The Kier molecular flexibility index (Phi) is 9.29. The maximum absolute atomic E-state index is 13.8. The lowest BCUT2D eigenvalue weighted by atomic mass is 9.79. The number of amides is 1. The van der Waals surface area contributed by atoms with Gasteiger partial charge in [0, 0.05) is 38.5 Å². The topological polar surface area (TPSA) is 57.7 Å². The van der Waals surface area contributed by atoms with Crippen LogP contribution in [0, 0.1) is 24.6 Å². The Balaban J connectivity index is 1.95. The van der Waals surface area contributed by atoms with Crippen LogP contribution >= 0.6 is 0 Å². The van der Waals surface area contributed by atoms with Crippen LogP contribution in [0.5, 0.6) is 0 Å². The number of benzene rings is 2. The van der Waals surface area contributed by atoms with Crippen LogP contribution in [0.1, 0.15) is 54.0 Å². The minimum absolute atomic E-state index is 0.0117. The molecule has 5 nitrogen and oxygen atoms in total. The zero-order valence-electron chi connectivity index (χ0n) is 22.4. The van der Waals surface area contributed by atoms with Crippen molar-refractivity contribution in [2.45, 2.75) is 52.0 Å². The number of halogens is 7. The van der Waals surface area contributed by atoms with Crippen molar-refractivity contribution >= 4 is 15.9 Å². The average Bonchev–Trinajstić information content (AvgIpc) is 2.81. The summed E-state index contributed by atoms with van der Waals surface area (Å²) in [5, 5.41) is 0. The first-order valence-corrected chi connectivity index (χ1v) is 14.2. The minimum Gasteiger partial charge on any atom is -0.341 e. The highest BCUT2D eigenvalue weighted by Crippen LogP contribution is 2.39. The fourth-order valence-corrected chi connectivity index (χ4v) is 6.94. The number of carbonyl (C=O) groups is 1. The van der Waals surface area contributed by atoms with Gasteiger partial charge in [-0.3, -0.25) is 4.79 Å². The van der Waals surface area contributed by atoms with Crippen molar-refractivity contribution in [2.24, 2.45) is 11.8 Å². The molecule has 1 heterocycles. The van der Waals surface area contributed by atoms with Crippen molar-refractivity contribution in [1.29, 1.82) is 0 Å². The molecule has 1 fully saturated rings. The number of carbonyl (C=O) groups excluding carboxylic acids is 1. The van der Waals surface area contributed by atoms with Gasteiger partial charge in [-0.05, 0) is 66.3 Å². The second-order valence-electron chi connectivity index (χ2n) is 10.6. The predicted molar refractivity (Wildman–Crippen MR) is 135 cm³/mol. The van der Waals surface area contributed by atoms with Crippen LogP contribution in [0.4, 0.5) is 30.7 Å². The van der Waals surface area contributed by atoms with Gasteiger partial charge < -0.3 is 4.90 Å². The Bertz CT molecular complexity index is 1310. The van der Waals surface area contributed by atoms with Crippen LogP contribution in [0.15, 0.2) is 36.4 Å². The first-order valence-electron chi connectivity index (χ1n) is 12.6. The van der Waals surface area contributed by atoms with E-state index in [1.54, 1.807) is 20.8 Å². The fourth-order valence-electron chi connectivity index (χ4n) is 5.11. The number of hydrogen-bond donors (Lipinski definition) is 0. The number of sulfonamides is 1. The zero-order chi connectivity index (χ0) is 30.2. The third kappa shape index (κ3) is 7.54. The molecule has 0 saturated carbocycles. The Morgan fingerprint density at radius 1 is 1.02 bits per heavy atom. The molecule has 40 heavy (non-hydrogen) atoms. The number of alkyl halides is 6. The minimum atomic E-state index is -5.03. The molecule has 0 spiro atoms. The van der Waals surface area contributed by atoms with Crippen LogP contribution in [-0.2, 0) is 33.7 Å². The summed E-state index contributed by atoms with van der Waals surface area (Å²) < 4.78 is 121. The van der Waals surface area contributed by atoms with Crippen molar-refractivity contribution < 1.29 is 43.9 Å². The molecular formula is C27H31F7N2O3S. The third-order valence-electron chi connectivity index (χ3n) is 6.90. The Morgan fingerprint density at radius 3 is 2.10 bits per heavy atom. The van der Waals surface area contributed by atoms with E-state index in [0.717, 1.165) is 4.90 Å². The standard InChI is InChI=1S/C27H31F7N2O3S/c1-16(2)15-40(38,39)36-8-7-23(24(14-36)22-6-5-21(28)9-17(22)3)25(37)35(4)13-18-10-19(26(29,30)31)12-20(11-18)27(32,33)34/h5-6,9-12,16,23-24H,7-8,13-15H2,1-4H3/t23-,24+/m1/s1. The summed E-state index contributed by atoms with van der Waals surface area (Å²) in [6.45, 7) is 4.52. The highest BCUT2D eigenvalue weighted by atomic mass is 32.2. The molecule has 0 unspecified atom stereocenters. The molecule has 0 N–H and O–H groups in total. The summed E-state index contributed by atoms with van der Waals surface area (Å²) in [4.78, 5) is 14.6. The number of rotatable bonds is 7. The fraction of sp³-hybridized carbons (Fsp3) is 0.519. The van der Waals surface area contributed by atoms with Gasteiger partial charge >= 0.3 is 12.4 Å². The molecular weight excluding hydrogens is 565 g/mol. The van der Waals surface area contributed by atoms with Gasteiger partial charge in [0.05, 0.1) is 16.9 Å². The van der Waals surface area contributed by atoms with Gasteiger partial charge in [0.1, 0.15) is 5.82 Å². The second-order valence-corrected chi connectivity index (χ2v) is 12.7. The molecule has 0 bridgehead atoms. The SMILES string of the molecule is Cc1cc(F)ccc1[C@@H]1CN(S(=O)(=O)CC(C)C)CC[C@H]1C(=O)N(C)Cc1cc(C(F)(F)F)cc(C(F)(F)F)c1. The van der Waals surface area contributed by atoms with E-state index in [0.29, 0.717) is 23.3 Å². The van der Waals surface area contributed by atoms with Gasteiger partial charge in [-0.2, -0.15) is 26.3 Å². The van der Waals surface area contributed by atoms with E-state index in [9.17, 15) is 43.9 Å². The molecule has 3 rings (SSSR count). The van der Waals surface area contributed by atoms with E-state index in [-0.39, 0.29) is 42.8 Å². The van der Waals surface area contributed by atoms with Gasteiger partial charge in [0.15, 0.2) is 0 Å². The molecule has 0 aromatic heterocycles. The number of nitrogens with zero attached hydrogens (tertiary/aromatic N) is 2. The molecule has 1 aliphatic heterocycles. The third-order valence-corrected chi connectivity index (χ3v) is 9.11. The molecule has 1 saturated heterocycles. The van der Waals surface area contributed by atoms with E-state index in [2.05, 4.69) is 0 Å². The van der Waals surface area contributed by atoms with Crippen LogP contribution < -0.4 is 0 Å². The quantitative estimate of drug-likeness (QED) is 0.357. The summed E-state index contributed by atoms with van der Waals surface area (Å²) in [7, 11) is -2.41. The van der Waals surface area contributed by atoms with E-state index in [4.69, 9.17) is 0 Å². The number of piperidine rings is 1. The highest BCUT2D eigenvalue weighted by Gasteiger charge is 2.41. The molecule has 222 valence electrons. The predicted octanol–water partition coefficient (Wildman–Crippen LogP) is 6.22. The second kappa shape index (κ2) is 11.7. The van der Waals surface area contributed by atoms with Crippen LogP contribution in [0.3, 0.4) is 0 Å². The largest absolute Gasteiger partial charge is 0.416 e. The molecule has 1 amide bonds. The van der Waals surface area contributed by atoms with E-state index in [1.165, 1.54) is 29.6 Å². The highest BCUT2D eigenvalue weighted by molar-refractivity contribution is 7.89. The summed E-state index contributed by atoms with van der Waals surface area (Å²) in [5.74, 6) is -2.91. The Morgan fingerprint density at radius 2 is 1.60 bits per heavy atom. The van der Waals surface area contributed by atoms with Crippen LogP contribution in [-0.4, -0.2) is 49.4 Å². The lowest BCUT2D eigenvalue weighted by Gasteiger charge is -2.39. The van der Waals surface area contributed by atoms with Crippen molar-refractivity contribution in [3.8, 4) is 0 Å². The maximum atomic E-state index is 13.8. The van der Waals surface area contributed by atoms with Crippen LogP contribution in [0.25, 0.3) is 0 Å². The first-order chi connectivity index (χ1) is 18.3. The Labute approximate surface area is 229 Å². The molecule has 1 aliphatic rings. The molecule has 2 atom stereocenters. The summed E-state index contributed by atoms with van der Waals surface area (Å²) >= 11 is 0. The number of aryl methyl sites for hydroxylation is 1. The smallest absolute Gasteiger partial charge is 0.341 e. The summed E-state index contributed by atoms with van der Waals surface area (Å²) in [6.07, 6.45) is -9.99. The summed E-state index contributed by atoms with van der Waals surface area (Å²) in [5.41, 5.74) is -2.30. The van der Waals surface area contributed by atoms with Crippen molar-refractivity contribution in [1.82, 2.24) is 9.21 Å². The monoisotopic (exact) mass is 596 g/mol. The van der Waals surface area contributed by atoms with Crippen molar-refractivity contribution in [3.63, 3.8) is 0 Å². The van der Waals surface area contributed by atoms with E-state index < -0.39 is 63.6 Å². The van der Waals surface area contributed by atoms with E-state index >= 15 is 0 Å². The lowest BCUT2D eigenvalue weighted by molar-refractivity contribution is -0.143. The maximum Gasteiger partial charge on any atom is 0.416 e. The van der Waals surface area contributed by atoms with Crippen LogP contribution in [0.2, 0.25) is 0 Å². The molecule has 2 aromatic carbocycles. The van der Waals surface area contributed by atoms with Gasteiger partial charge in [-0.1, -0.05) is 19.9 Å². The first kappa shape index (κ1) is 31.9. The normalized spacial score (nSPS) is 19.2. The summed E-state index contributed by atoms with van der Waals surface area (Å²) in [6, 6.07) is 5.08. The van der Waals surface area contributed by atoms with Gasteiger partial charge in [-0.15, -0.1) is 0 Å². The molecule has 0 aliphatic carbocycles. The average molecular weight is 597 g/mol. The van der Waals surface area contributed by atoms with Gasteiger partial charge in [-0.25, -0.2) is 17.1 Å². The van der Waals surface area contributed by atoms with Crippen molar-refractivity contribution in [2.75, 3.05) is 25.9 Å². The zero-order valence-corrected chi connectivity index (χ0v) is 23.2. The van der Waals surface area contributed by atoms with Gasteiger partial charge in [0.2, 0.25) is 15.9 Å². The van der Waals surface area contributed by atoms with Crippen molar-refractivity contribution in [3.05, 3.63) is 70.0 Å². The lowest BCUT2D eigenvalue weighted by Crippen LogP contribution is -2.48. The van der Waals surface area contributed by atoms with E-state index in [1.807, 2.05) is 0 Å². The molecule has 2 aromatic rings.